The van der Waals surface area contributed by atoms with Gasteiger partial charge < -0.3 is 10.6 Å². The van der Waals surface area contributed by atoms with Crippen LogP contribution in [0.2, 0.25) is 0 Å². The molecule has 5 nitrogen and oxygen atoms in total. The summed E-state index contributed by atoms with van der Waals surface area (Å²) < 4.78 is 0. The highest BCUT2D eigenvalue weighted by atomic mass is 16.2. The molecular formula is C20H19N3O2. The topological polar surface area (TPSA) is 82.0 Å². The van der Waals surface area contributed by atoms with E-state index < -0.39 is 5.91 Å². The first-order valence-corrected chi connectivity index (χ1v) is 7.77. The number of nitriles is 1. The second kappa shape index (κ2) is 7.93. The minimum absolute atomic E-state index is 0.00758. The standard InChI is InChI=1S/C20H19N3O2/c1-13-5-4-6-19(14(13)2)23-20(25)17(12-21)11-16-7-9-18(10-8-16)22-15(3)24/h4-11H,1-3H3,(H,22,24)(H,23,25). The normalized spacial score (nSPS) is 10.7. The molecule has 0 aliphatic carbocycles. The van der Waals surface area contributed by atoms with Gasteiger partial charge in [-0.25, -0.2) is 0 Å². The Kier molecular flexibility index (Phi) is 5.70. The molecule has 0 aromatic heterocycles. The van der Waals surface area contributed by atoms with Crippen LogP contribution in [0.15, 0.2) is 48.0 Å². The molecule has 2 aromatic carbocycles. The molecule has 0 bridgehead atoms. The molecule has 0 fully saturated rings. The lowest BCUT2D eigenvalue weighted by molar-refractivity contribution is -0.114. The number of anilines is 2. The predicted molar refractivity (Wildman–Crippen MR) is 98.9 cm³/mol. The highest BCUT2D eigenvalue weighted by molar-refractivity contribution is 6.10. The summed E-state index contributed by atoms with van der Waals surface area (Å²) in [5, 5.41) is 14.7. The van der Waals surface area contributed by atoms with Gasteiger partial charge in [-0.15, -0.1) is 0 Å². The molecule has 0 saturated heterocycles. The Morgan fingerprint density at radius 1 is 1.04 bits per heavy atom. The van der Waals surface area contributed by atoms with Gasteiger partial charge in [0, 0.05) is 18.3 Å². The van der Waals surface area contributed by atoms with Gasteiger partial charge in [-0.2, -0.15) is 5.26 Å². The lowest BCUT2D eigenvalue weighted by Crippen LogP contribution is -2.14. The summed E-state index contributed by atoms with van der Waals surface area (Å²) in [6.07, 6.45) is 1.51. The van der Waals surface area contributed by atoms with E-state index in [0.717, 1.165) is 11.1 Å². The molecule has 2 N–H and O–H groups in total. The molecule has 0 spiro atoms. The van der Waals surface area contributed by atoms with Crippen LogP contribution in [-0.2, 0) is 9.59 Å². The summed E-state index contributed by atoms with van der Waals surface area (Å²) in [5.41, 5.74) is 4.08. The molecule has 2 amide bonds. The molecule has 2 rings (SSSR count). The lowest BCUT2D eigenvalue weighted by atomic mass is 10.1. The number of aryl methyl sites for hydroxylation is 1. The molecule has 25 heavy (non-hydrogen) atoms. The van der Waals surface area contributed by atoms with E-state index in [0.29, 0.717) is 16.9 Å². The fourth-order valence-electron chi connectivity index (χ4n) is 2.26. The molecule has 5 heteroatoms. The van der Waals surface area contributed by atoms with Crippen molar-refractivity contribution in [2.75, 3.05) is 10.6 Å². The van der Waals surface area contributed by atoms with Gasteiger partial charge in [0.2, 0.25) is 5.91 Å². The van der Waals surface area contributed by atoms with E-state index in [1.54, 1.807) is 30.3 Å². The van der Waals surface area contributed by atoms with Crippen molar-refractivity contribution < 1.29 is 9.59 Å². The van der Waals surface area contributed by atoms with Crippen LogP contribution in [0.25, 0.3) is 6.08 Å². The molecule has 0 atom stereocenters. The maximum Gasteiger partial charge on any atom is 0.266 e. The van der Waals surface area contributed by atoms with Crippen molar-refractivity contribution in [2.24, 2.45) is 0 Å². The second-order valence-electron chi connectivity index (χ2n) is 5.67. The second-order valence-corrected chi connectivity index (χ2v) is 5.67. The highest BCUT2D eigenvalue weighted by Gasteiger charge is 2.11. The minimum atomic E-state index is -0.456. The monoisotopic (exact) mass is 333 g/mol. The van der Waals surface area contributed by atoms with E-state index >= 15 is 0 Å². The Balaban J connectivity index is 2.19. The first-order chi connectivity index (χ1) is 11.9. The van der Waals surface area contributed by atoms with E-state index in [1.165, 1.54) is 13.0 Å². The smallest absolute Gasteiger partial charge is 0.266 e. The lowest BCUT2D eigenvalue weighted by Gasteiger charge is -2.10. The number of amides is 2. The number of nitrogens with zero attached hydrogens (tertiary/aromatic N) is 1. The van der Waals surface area contributed by atoms with Crippen LogP contribution in [0.4, 0.5) is 11.4 Å². The summed E-state index contributed by atoms with van der Waals surface area (Å²) in [4.78, 5) is 23.4. The van der Waals surface area contributed by atoms with Crippen molar-refractivity contribution in [3.05, 3.63) is 64.7 Å². The Hall–Kier alpha value is -3.39. The van der Waals surface area contributed by atoms with Gasteiger partial charge in [-0.3, -0.25) is 9.59 Å². The Bertz CT molecular complexity index is 875. The van der Waals surface area contributed by atoms with E-state index in [-0.39, 0.29) is 11.5 Å². The molecule has 0 unspecified atom stereocenters. The molecule has 2 aromatic rings. The van der Waals surface area contributed by atoms with E-state index in [9.17, 15) is 14.9 Å². The van der Waals surface area contributed by atoms with E-state index in [2.05, 4.69) is 10.6 Å². The van der Waals surface area contributed by atoms with Crippen molar-refractivity contribution in [3.63, 3.8) is 0 Å². The van der Waals surface area contributed by atoms with Gasteiger partial charge in [0.05, 0.1) is 0 Å². The molecule has 0 aliphatic heterocycles. The van der Waals surface area contributed by atoms with Crippen molar-refractivity contribution in [3.8, 4) is 6.07 Å². The number of carbonyl (C=O) groups is 2. The SMILES string of the molecule is CC(=O)Nc1ccc(C=C(C#N)C(=O)Nc2cccc(C)c2C)cc1. The van der Waals surface area contributed by atoms with Crippen molar-refractivity contribution in [1.29, 1.82) is 5.26 Å². The maximum atomic E-state index is 12.4. The third-order valence-corrected chi connectivity index (χ3v) is 3.76. The summed E-state index contributed by atoms with van der Waals surface area (Å²) in [7, 11) is 0. The Morgan fingerprint density at radius 2 is 1.72 bits per heavy atom. The zero-order valence-electron chi connectivity index (χ0n) is 14.4. The number of hydrogen-bond donors (Lipinski definition) is 2. The Labute approximate surface area is 147 Å². The van der Waals surface area contributed by atoms with Gasteiger partial charge in [-0.1, -0.05) is 24.3 Å². The highest BCUT2D eigenvalue weighted by Crippen LogP contribution is 2.19. The zero-order valence-corrected chi connectivity index (χ0v) is 14.4. The molecular weight excluding hydrogens is 314 g/mol. The molecule has 0 aliphatic rings. The minimum Gasteiger partial charge on any atom is -0.326 e. The van der Waals surface area contributed by atoms with Crippen molar-refractivity contribution in [1.82, 2.24) is 0 Å². The molecule has 126 valence electrons. The molecule has 0 heterocycles. The van der Waals surface area contributed by atoms with Crippen LogP contribution in [0.3, 0.4) is 0 Å². The molecule has 0 radical (unpaired) electrons. The Morgan fingerprint density at radius 3 is 2.32 bits per heavy atom. The summed E-state index contributed by atoms with van der Waals surface area (Å²) in [6, 6.07) is 14.4. The quantitative estimate of drug-likeness (QED) is 0.659. The fourth-order valence-corrected chi connectivity index (χ4v) is 2.26. The van der Waals surface area contributed by atoms with Gasteiger partial charge in [0.15, 0.2) is 0 Å². The van der Waals surface area contributed by atoms with Gasteiger partial charge in [-0.05, 0) is 54.8 Å². The van der Waals surface area contributed by atoms with Crippen molar-refractivity contribution >= 4 is 29.3 Å². The van der Waals surface area contributed by atoms with Crippen LogP contribution >= 0.6 is 0 Å². The van der Waals surface area contributed by atoms with Crippen molar-refractivity contribution in [2.45, 2.75) is 20.8 Å². The first-order valence-electron chi connectivity index (χ1n) is 7.77. The summed E-state index contributed by atoms with van der Waals surface area (Å²) >= 11 is 0. The van der Waals surface area contributed by atoms with Crippen LogP contribution in [0.1, 0.15) is 23.6 Å². The molecule has 0 saturated carbocycles. The average molecular weight is 333 g/mol. The third kappa shape index (κ3) is 4.79. The number of nitrogens with one attached hydrogen (secondary N) is 2. The van der Waals surface area contributed by atoms with Crippen LogP contribution in [-0.4, -0.2) is 11.8 Å². The van der Waals surface area contributed by atoms with Gasteiger partial charge in [0.1, 0.15) is 11.6 Å². The van der Waals surface area contributed by atoms with E-state index in [4.69, 9.17) is 0 Å². The number of benzene rings is 2. The number of carbonyl (C=O) groups excluding carboxylic acids is 2. The van der Waals surface area contributed by atoms with Crippen LogP contribution in [0.5, 0.6) is 0 Å². The third-order valence-electron chi connectivity index (χ3n) is 3.76. The fraction of sp³-hybridized carbons (Fsp3) is 0.150. The predicted octanol–water partition coefficient (Wildman–Crippen LogP) is 3.81. The van der Waals surface area contributed by atoms with Crippen LogP contribution < -0.4 is 10.6 Å². The van der Waals surface area contributed by atoms with E-state index in [1.807, 2.05) is 32.0 Å². The zero-order chi connectivity index (χ0) is 18.4. The van der Waals surface area contributed by atoms with Gasteiger partial charge >= 0.3 is 0 Å². The number of rotatable bonds is 4. The first kappa shape index (κ1) is 18.0. The van der Waals surface area contributed by atoms with Crippen LogP contribution in [0, 0.1) is 25.2 Å². The summed E-state index contributed by atoms with van der Waals surface area (Å²) in [5.74, 6) is -0.615. The largest absolute Gasteiger partial charge is 0.326 e. The number of hydrogen-bond acceptors (Lipinski definition) is 3. The maximum absolute atomic E-state index is 12.4. The van der Waals surface area contributed by atoms with Gasteiger partial charge in [0.25, 0.3) is 5.91 Å². The average Bonchev–Trinajstić information content (AvgIpc) is 2.57. The summed E-state index contributed by atoms with van der Waals surface area (Å²) in [6.45, 7) is 5.31.